The molecular weight excluding hydrogens is 208 g/mol. The standard InChI is InChI=1S/C11H12N2OS/c1-2-13-11(14)7-6-15-9-5-3-4-8(12)10(7)9/h3-6H,2,12H2,1H3,(H,13,14). The SMILES string of the molecule is CCNC(=O)c1csc2cccc(N)c12. The monoisotopic (exact) mass is 220 g/mol. The summed E-state index contributed by atoms with van der Waals surface area (Å²) in [6, 6.07) is 5.69. The van der Waals surface area contributed by atoms with Gasteiger partial charge in [0.15, 0.2) is 0 Å². The van der Waals surface area contributed by atoms with Crippen LogP contribution >= 0.6 is 11.3 Å². The van der Waals surface area contributed by atoms with Crippen molar-refractivity contribution in [1.82, 2.24) is 5.32 Å². The first-order chi connectivity index (χ1) is 7.24. The highest BCUT2D eigenvalue weighted by atomic mass is 32.1. The predicted octanol–water partition coefficient (Wildman–Crippen LogP) is 2.23. The zero-order valence-electron chi connectivity index (χ0n) is 8.41. The lowest BCUT2D eigenvalue weighted by atomic mass is 10.1. The summed E-state index contributed by atoms with van der Waals surface area (Å²) < 4.78 is 1.05. The van der Waals surface area contributed by atoms with Crippen molar-refractivity contribution in [3.05, 3.63) is 29.1 Å². The van der Waals surface area contributed by atoms with Gasteiger partial charge in [-0.05, 0) is 19.1 Å². The van der Waals surface area contributed by atoms with Gasteiger partial charge in [0, 0.05) is 27.7 Å². The number of benzene rings is 1. The molecule has 0 bridgehead atoms. The Bertz CT molecular complexity index is 504. The van der Waals surface area contributed by atoms with Gasteiger partial charge in [-0.15, -0.1) is 11.3 Å². The van der Waals surface area contributed by atoms with Gasteiger partial charge in [0.2, 0.25) is 0 Å². The molecular formula is C11H12N2OS. The van der Waals surface area contributed by atoms with E-state index in [1.165, 1.54) is 0 Å². The molecule has 0 aliphatic heterocycles. The Hall–Kier alpha value is -1.55. The zero-order valence-corrected chi connectivity index (χ0v) is 9.23. The average molecular weight is 220 g/mol. The molecule has 1 heterocycles. The minimum Gasteiger partial charge on any atom is -0.398 e. The van der Waals surface area contributed by atoms with Crippen molar-refractivity contribution in [3.63, 3.8) is 0 Å². The van der Waals surface area contributed by atoms with E-state index in [-0.39, 0.29) is 5.91 Å². The molecule has 0 unspecified atom stereocenters. The molecule has 4 heteroatoms. The second kappa shape index (κ2) is 3.90. The quantitative estimate of drug-likeness (QED) is 0.762. The molecule has 0 saturated heterocycles. The molecule has 0 spiro atoms. The van der Waals surface area contributed by atoms with Crippen LogP contribution in [0.4, 0.5) is 5.69 Å². The first-order valence-corrected chi connectivity index (χ1v) is 5.66. The fourth-order valence-corrected chi connectivity index (χ4v) is 2.51. The highest BCUT2D eigenvalue weighted by Crippen LogP contribution is 2.30. The van der Waals surface area contributed by atoms with Gasteiger partial charge in [0.25, 0.3) is 5.91 Å². The highest BCUT2D eigenvalue weighted by Gasteiger charge is 2.12. The molecule has 3 N–H and O–H groups in total. The van der Waals surface area contributed by atoms with Gasteiger partial charge in [0.05, 0.1) is 5.56 Å². The molecule has 78 valence electrons. The topological polar surface area (TPSA) is 55.1 Å². The molecule has 0 aliphatic rings. The first kappa shape index (κ1) is 9.98. The van der Waals surface area contributed by atoms with E-state index < -0.39 is 0 Å². The lowest BCUT2D eigenvalue weighted by Crippen LogP contribution is -2.22. The molecule has 1 aromatic heterocycles. The number of fused-ring (bicyclic) bond motifs is 1. The predicted molar refractivity (Wildman–Crippen MR) is 64.2 cm³/mol. The second-order valence-corrected chi connectivity index (χ2v) is 4.14. The van der Waals surface area contributed by atoms with Gasteiger partial charge < -0.3 is 11.1 Å². The van der Waals surface area contributed by atoms with Gasteiger partial charge in [-0.1, -0.05) is 6.07 Å². The van der Waals surface area contributed by atoms with E-state index in [4.69, 9.17) is 5.73 Å². The van der Waals surface area contributed by atoms with Crippen LogP contribution in [0.15, 0.2) is 23.6 Å². The van der Waals surface area contributed by atoms with Crippen molar-refractivity contribution >= 4 is 33.0 Å². The van der Waals surface area contributed by atoms with Crippen LogP contribution < -0.4 is 11.1 Å². The maximum atomic E-state index is 11.7. The summed E-state index contributed by atoms with van der Waals surface area (Å²) in [5, 5.41) is 5.50. The number of hydrogen-bond donors (Lipinski definition) is 2. The number of nitrogens with one attached hydrogen (secondary N) is 1. The maximum absolute atomic E-state index is 11.7. The summed E-state index contributed by atoms with van der Waals surface area (Å²) in [6.45, 7) is 2.53. The van der Waals surface area contributed by atoms with Crippen molar-refractivity contribution in [2.75, 3.05) is 12.3 Å². The fourth-order valence-electron chi connectivity index (χ4n) is 1.54. The Labute approximate surface area is 91.9 Å². The Morgan fingerprint density at radius 1 is 1.53 bits per heavy atom. The Morgan fingerprint density at radius 2 is 2.33 bits per heavy atom. The minimum atomic E-state index is -0.0540. The minimum absolute atomic E-state index is 0.0540. The van der Waals surface area contributed by atoms with Crippen LogP contribution in [0.5, 0.6) is 0 Å². The number of thiophene rings is 1. The largest absolute Gasteiger partial charge is 0.398 e. The molecule has 2 aromatic rings. The molecule has 0 radical (unpaired) electrons. The Balaban J connectivity index is 2.57. The summed E-state index contributed by atoms with van der Waals surface area (Å²) in [5.41, 5.74) is 7.20. The molecule has 15 heavy (non-hydrogen) atoms. The summed E-state index contributed by atoms with van der Waals surface area (Å²) >= 11 is 1.54. The Morgan fingerprint density at radius 3 is 3.07 bits per heavy atom. The van der Waals surface area contributed by atoms with Crippen LogP contribution in [0.1, 0.15) is 17.3 Å². The van der Waals surface area contributed by atoms with Crippen LogP contribution in [0.3, 0.4) is 0 Å². The molecule has 0 fully saturated rings. The van der Waals surface area contributed by atoms with Gasteiger partial charge in [-0.2, -0.15) is 0 Å². The van der Waals surface area contributed by atoms with Crippen LogP contribution in [0.25, 0.3) is 10.1 Å². The van der Waals surface area contributed by atoms with E-state index in [1.807, 2.05) is 30.5 Å². The zero-order chi connectivity index (χ0) is 10.8. The second-order valence-electron chi connectivity index (χ2n) is 3.23. The van der Waals surface area contributed by atoms with Gasteiger partial charge >= 0.3 is 0 Å². The molecule has 1 aromatic carbocycles. The molecule has 1 amide bonds. The van der Waals surface area contributed by atoms with E-state index in [1.54, 1.807) is 11.3 Å². The summed E-state index contributed by atoms with van der Waals surface area (Å²) in [5.74, 6) is -0.0540. The number of nitrogen functional groups attached to an aromatic ring is 1. The fraction of sp³-hybridized carbons (Fsp3) is 0.182. The maximum Gasteiger partial charge on any atom is 0.252 e. The van der Waals surface area contributed by atoms with E-state index in [9.17, 15) is 4.79 Å². The molecule has 0 aliphatic carbocycles. The number of carbonyl (C=O) groups excluding carboxylic acids is 1. The Kier molecular flexibility index (Phi) is 2.60. The number of amides is 1. The molecule has 2 rings (SSSR count). The smallest absolute Gasteiger partial charge is 0.252 e. The van der Waals surface area contributed by atoms with Crippen LogP contribution in [0.2, 0.25) is 0 Å². The number of nitrogens with two attached hydrogens (primary N) is 1. The number of anilines is 1. The molecule has 0 saturated carbocycles. The summed E-state index contributed by atoms with van der Waals surface area (Å²) in [4.78, 5) is 11.7. The highest BCUT2D eigenvalue weighted by molar-refractivity contribution is 7.17. The number of carbonyl (C=O) groups is 1. The molecule has 0 atom stereocenters. The van der Waals surface area contributed by atoms with Crippen molar-refractivity contribution in [2.24, 2.45) is 0 Å². The lowest BCUT2D eigenvalue weighted by Gasteiger charge is -2.02. The van der Waals surface area contributed by atoms with E-state index in [0.717, 1.165) is 10.1 Å². The van der Waals surface area contributed by atoms with Gasteiger partial charge in [0.1, 0.15) is 0 Å². The van der Waals surface area contributed by atoms with Gasteiger partial charge in [-0.3, -0.25) is 4.79 Å². The third-order valence-corrected chi connectivity index (χ3v) is 3.16. The van der Waals surface area contributed by atoms with E-state index in [2.05, 4.69) is 5.32 Å². The first-order valence-electron chi connectivity index (χ1n) is 4.78. The van der Waals surface area contributed by atoms with E-state index in [0.29, 0.717) is 17.8 Å². The number of rotatable bonds is 2. The van der Waals surface area contributed by atoms with Crippen molar-refractivity contribution in [1.29, 1.82) is 0 Å². The van der Waals surface area contributed by atoms with Crippen LogP contribution in [-0.4, -0.2) is 12.5 Å². The summed E-state index contributed by atoms with van der Waals surface area (Å²) in [6.07, 6.45) is 0. The normalized spacial score (nSPS) is 10.5. The third kappa shape index (κ3) is 1.68. The van der Waals surface area contributed by atoms with Crippen LogP contribution in [-0.2, 0) is 0 Å². The number of hydrogen-bond acceptors (Lipinski definition) is 3. The lowest BCUT2D eigenvalue weighted by molar-refractivity contribution is 0.0958. The van der Waals surface area contributed by atoms with Crippen molar-refractivity contribution in [3.8, 4) is 0 Å². The summed E-state index contributed by atoms with van der Waals surface area (Å²) in [7, 11) is 0. The molecule has 3 nitrogen and oxygen atoms in total. The van der Waals surface area contributed by atoms with Crippen molar-refractivity contribution < 1.29 is 4.79 Å². The van der Waals surface area contributed by atoms with Crippen molar-refractivity contribution in [2.45, 2.75) is 6.92 Å². The van der Waals surface area contributed by atoms with E-state index >= 15 is 0 Å². The average Bonchev–Trinajstić information content (AvgIpc) is 2.63. The third-order valence-electron chi connectivity index (χ3n) is 2.21. The van der Waals surface area contributed by atoms with Crippen LogP contribution in [0, 0.1) is 0 Å². The van der Waals surface area contributed by atoms with Gasteiger partial charge in [-0.25, -0.2) is 0 Å².